The summed E-state index contributed by atoms with van der Waals surface area (Å²) < 4.78 is 5.96. The van der Waals surface area contributed by atoms with Crippen LogP contribution in [0.25, 0.3) is 0 Å². The van der Waals surface area contributed by atoms with Crippen molar-refractivity contribution >= 4 is 29.0 Å². The van der Waals surface area contributed by atoms with Crippen LogP contribution in [0.15, 0.2) is 48.5 Å². The molecule has 2 aromatic carbocycles. The molecule has 3 N–H and O–H groups in total. The molecule has 2 fully saturated rings. The lowest BCUT2D eigenvalue weighted by Crippen LogP contribution is -2.40. The Bertz CT molecular complexity index is 770. The summed E-state index contributed by atoms with van der Waals surface area (Å²) in [4.78, 5) is 12.1. The van der Waals surface area contributed by atoms with Crippen LogP contribution >= 0.6 is 11.6 Å². The van der Waals surface area contributed by atoms with E-state index in [0.29, 0.717) is 16.8 Å². The number of fused-ring (bicyclic) bond motifs is 2. The molecule has 2 atom stereocenters. The highest BCUT2D eigenvalue weighted by molar-refractivity contribution is 6.33. The van der Waals surface area contributed by atoms with Crippen molar-refractivity contribution in [2.45, 2.75) is 24.5 Å². The van der Waals surface area contributed by atoms with Gasteiger partial charge in [-0.05, 0) is 36.2 Å². The summed E-state index contributed by atoms with van der Waals surface area (Å²) in [5.74, 6) is 0. The maximum Gasteiger partial charge on any atom is 0.323 e. The molecule has 2 aliphatic rings. The zero-order valence-corrected chi connectivity index (χ0v) is 14.5. The first-order valence-electron chi connectivity index (χ1n) is 8.41. The quantitative estimate of drug-likeness (QED) is 0.782. The summed E-state index contributed by atoms with van der Waals surface area (Å²) in [5.41, 5.74) is 2.47. The van der Waals surface area contributed by atoms with Crippen LogP contribution < -0.4 is 16.0 Å². The van der Waals surface area contributed by atoms with Gasteiger partial charge in [-0.15, -0.1) is 0 Å². The van der Waals surface area contributed by atoms with E-state index in [1.54, 1.807) is 12.1 Å². The Labute approximate surface area is 151 Å². The van der Waals surface area contributed by atoms with Gasteiger partial charge in [-0.2, -0.15) is 0 Å². The van der Waals surface area contributed by atoms with Crippen LogP contribution in [0.5, 0.6) is 0 Å². The van der Waals surface area contributed by atoms with Crippen molar-refractivity contribution in [2.24, 2.45) is 0 Å². The Balaban J connectivity index is 1.36. The number of amides is 2. The number of rotatable bonds is 4. The molecule has 2 unspecified atom stereocenters. The van der Waals surface area contributed by atoms with Gasteiger partial charge in [0.15, 0.2) is 0 Å². The van der Waals surface area contributed by atoms with Crippen molar-refractivity contribution in [2.75, 3.05) is 23.8 Å². The summed E-state index contributed by atoms with van der Waals surface area (Å²) >= 11 is 6.04. The fourth-order valence-corrected chi connectivity index (χ4v) is 3.72. The van der Waals surface area contributed by atoms with Crippen molar-refractivity contribution in [1.29, 1.82) is 0 Å². The van der Waals surface area contributed by atoms with Gasteiger partial charge < -0.3 is 20.7 Å². The second-order valence-corrected chi connectivity index (χ2v) is 7.12. The second kappa shape index (κ2) is 6.67. The average Bonchev–Trinajstić information content (AvgIpc) is 3.19. The van der Waals surface area contributed by atoms with Gasteiger partial charge in [0.05, 0.1) is 22.9 Å². The topological polar surface area (TPSA) is 62.4 Å². The van der Waals surface area contributed by atoms with E-state index in [2.05, 4.69) is 16.0 Å². The fraction of sp³-hybridized carbons (Fsp3) is 0.316. The first-order valence-corrected chi connectivity index (χ1v) is 8.79. The number of nitrogens with one attached hydrogen (secondary N) is 3. The number of benzene rings is 2. The highest BCUT2D eigenvalue weighted by Gasteiger charge is 2.45. The molecule has 6 heteroatoms. The molecule has 0 saturated carbocycles. The number of hydrogen-bond acceptors (Lipinski definition) is 3. The van der Waals surface area contributed by atoms with Crippen LogP contribution in [-0.2, 0) is 11.2 Å². The zero-order chi connectivity index (χ0) is 17.3. The Hall–Kier alpha value is -2.08. The van der Waals surface area contributed by atoms with Gasteiger partial charge in [-0.3, -0.25) is 0 Å². The third-order valence-electron chi connectivity index (χ3n) is 4.78. The van der Waals surface area contributed by atoms with Crippen LogP contribution in [0.1, 0.15) is 12.0 Å². The van der Waals surface area contributed by atoms with Crippen LogP contribution in [0.2, 0.25) is 5.02 Å². The SMILES string of the molecule is O=C(Nc1ccc(CC23CNC(CO2)C3)cc1)Nc1ccccc1Cl. The van der Waals surface area contributed by atoms with E-state index in [4.69, 9.17) is 16.3 Å². The van der Waals surface area contributed by atoms with Gasteiger partial charge in [-0.25, -0.2) is 4.79 Å². The number of carbonyl (C=O) groups excluding carboxylic acids is 1. The molecule has 2 amide bonds. The molecule has 5 nitrogen and oxygen atoms in total. The van der Waals surface area contributed by atoms with Crippen molar-refractivity contribution in [1.82, 2.24) is 5.32 Å². The summed E-state index contributed by atoms with van der Waals surface area (Å²) in [5, 5.41) is 9.55. The van der Waals surface area contributed by atoms with Gasteiger partial charge in [0.1, 0.15) is 0 Å². The van der Waals surface area contributed by atoms with Crippen molar-refractivity contribution in [3.63, 3.8) is 0 Å². The normalized spacial score (nSPS) is 24.3. The van der Waals surface area contributed by atoms with Crippen LogP contribution in [-0.4, -0.2) is 30.8 Å². The van der Waals surface area contributed by atoms with Crippen LogP contribution in [0.3, 0.4) is 0 Å². The highest BCUT2D eigenvalue weighted by Crippen LogP contribution is 2.34. The Kier molecular flexibility index (Phi) is 4.37. The third-order valence-corrected chi connectivity index (χ3v) is 5.11. The minimum atomic E-state index is -0.318. The maximum absolute atomic E-state index is 12.1. The monoisotopic (exact) mass is 357 g/mol. The molecule has 0 aromatic heterocycles. The van der Waals surface area contributed by atoms with Crippen LogP contribution in [0.4, 0.5) is 16.2 Å². The molecule has 0 spiro atoms. The highest BCUT2D eigenvalue weighted by atomic mass is 35.5. The predicted molar refractivity (Wildman–Crippen MR) is 99.3 cm³/mol. The summed E-state index contributed by atoms with van der Waals surface area (Å²) in [6.07, 6.45) is 1.97. The summed E-state index contributed by atoms with van der Waals surface area (Å²) in [6, 6.07) is 15.2. The smallest absolute Gasteiger partial charge is 0.323 e. The van der Waals surface area contributed by atoms with E-state index in [9.17, 15) is 4.79 Å². The second-order valence-electron chi connectivity index (χ2n) is 6.71. The van der Waals surface area contributed by atoms with E-state index in [1.807, 2.05) is 36.4 Å². The van der Waals surface area contributed by atoms with E-state index in [-0.39, 0.29) is 11.6 Å². The number of halogens is 1. The average molecular weight is 358 g/mol. The maximum atomic E-state index is 12.1. The number of hydrogen-bond donors (Lipinski definition) is 3. The molecule has 2 bridgehead atoms. The van der Waals surface area contributed by atoms with Gasteiger partial charge in [0.2, 0.25) is 0 Å². The molecular formula is C19H20ClN3O2. The van der Waals surface area contributed by atoms with E-state index in [1.165, 1.54) is 5.56 Å². The van der Waals surface area contributed by atoms with Crippen molar-refractivity contribution in [3.8, 4) is 0 Å². The first kappa shape index (κ1) is 16.4. The van der Waals surface area contributed by atoms with Crippen molar-refractivity contribution < 1.29 is 9.53 Å². The summed E-state index contributed by atoms with van der Waals surface area (Å²) in [7, 11) is 0. The molecular weight excluding hydrogens is 338 g/mol. The number of urea groups is 1. The molecule has 2 aliphatic heterocycles. The lowest BCUT2D eigenvalue weighted by molar-refractivity contribution is -0.00521. The molecule has 0 radical (unpaired) electrons. The minimum absolute atomic E-state index is 0.0545. The van der Waals surface area contributed by atoms with Gasteiger partial charge >= 0.3 is 6.03 Å². The number of morpholine rings is 1. The largest absolute Gasteiger partial charge is 0.372 e. The number of ether oxygens (including phenoxy) is 1. The summed E-state index contributed by atoms with van der Waals surface area (Å²) in [6.45, 7) is 1.72. The molecule has 2 aromatic rings. The van der Waals surface area contributed by atoms with E-state index in [0.717, 1.165) is 31.7 Å². The van der Waals surface area contributed by atoms with Crippen LogP contribution in [0, 0.1) is 0 Å². The molecule has 130 valence electrons. The Morgan fingerprint density at radius 3 is 2.64 bits per heavy atom. The Morgan fingerprint density at radius 1 is 1.20 bits per heavy atom. The molecule has 25 heavy (non-hydrogen) atoms. The number of anilines is 2. The predicted octanol–water partition coefficient (Wildman–Crippen LogP) is 3.66. The number of carbonyl (C=O) groups is 1. The minimum Gasteiger partial charge on any atom is -0.372 e. The molecule has 2 saturated heterocycles. The zero-order valence-electron chi connectivity index (χ0n) is 13.7. The van der Waals surface area contributed by atoms with Gasteiger partial charge in [0.25, 0.3) is 0 Å². The molecule has 0 aliphatic carbocycles. The first-order chi connectivity index (χ1) is 12.1. The number of para-hydroxylation sites is 1. The van der Waals surface area contributed by atoms with E-state index >= 15 is 0 Å². The van der Waals surface area contributed by atoms with Gasteiger partial charge in [-0.1, -0.05) is 35.9 Å². The lowest BCUT2D eigenvalue weighted by atomic mass is 9.93. The molecule has 4 rings (SSSR count). The van der Waals surface area contributed by atoms with E-state index < -0.39 is 0 Å². The third kappa shape index (κ3) is 3.63. The fourth-order valence-electron chi connectivity index (χ4n) is 3.54. The van der Waals surface area contributed by atoms with Crippen molar-refractivity contribution in [3.05, 3.63) is 59.1 Å². The van der Waals surface area contributed by atoms with Gasteiger partial charge in [0, 0.05) is 24.7 Å². The lowest BCUT2D eigenvalue weighted by Gasteiger charge is -2.26. The standard InChI is InChI=1S/C19H20ClN3O2/c20-16-3-1-2-4-17(16)23-18(24)22-14-7-5-13(6-8-14)9-19-10-15(11-25-19)21-12-19/h1-8,15,21H,9-12H2,(H2,22,23,24). The Morgan fingerprint density at radius 2 is 2.00 bits per heavy atom. The molecule has 2 heterocycles.